The number of aliphatic hydroxyl groups excluding tert-OH is 1. The molecule has 0 saturated carbocycles. The molecular formula is C50H55BrO11. The maximum atomic E-state index is 13.6. The average molecular weight is 912 g/mol. The molecule has 1 N–H and O–H groups in total. The number of carbonyl (C=O) groups is 2. The molecule has 1 aliphatic rings. The van der Waals surface area contributed by atoms with Crippen LogP contribution in [0.2, 0.25) is 0 Å². The van der Waals surface area contributed by atoms with Gasteiger partial charge in [0.1, 0.15) is 18.1 Å². The molecular weight excluding hydrogens is 856 g/mol. The van der Waals surface area contributed by atoms with Crippen LogP contribution < -0.4 is 9.47 Å². The van der Waals surface area contributed by atoms with Crippen LogP contribution in [-0.2, 0) is 40.4 Å². The van der Waals surface area contributed by atoms with Gasteiger partial charge in [0.15, 0.2) is 11.6 Å². The molecule has 0 amide bonds. The Kier molecular flexibility index (Phi) is 17.4. The lowest BCUT2D eigenvalue weighted by Gasteiger charge is -2.35. The number of ketones is 2. The van der Waals surface area contributed by atoms with Crippen LogP contribution in [0.5, 0.6) is 11.5 Å². The number of halogens is 1. The first-order valence-corrected chi connectivity index (χ1v) is 21.5. The maximum Gasteiger partial charge on any atom is 0.163 e. The lowest BCUT2D eigenvalue weighted by Crippen LogP contribution is -2.29. The number of fused-ring (bicyclic) bond motifs is 3. The Hall–Kier alpha value is -4.76. The minimum Gasteiger partial charge on any atom is -0.497 e. The summed E-state index contributed by atoms with van der Waals surface area (Å²) in [5.74, 6) is 0.961. The van der Waals surface area contributed by atoms with Crippen LogP contribution in [0.3, 0.4) is 0 Å². The Morgan fingerprint density at radius 1 is 0.565 bits per heavy atom. The fourth-order valence-electron chi connectivity index (χ4n) is 7.84. The molecule has 11 nitrogen and oxygen atoms in total. The Bertz CT molecular complexity index is 2190. The van der Waals surface area contributed by atoms with Crippen LogP contribution >= 0.6 is 15.9 Å². The summed E-state index contributed by atoms with van der Waals surface area (Å²) in [6.07, 6.45) is 0. The molecule has 6 rings (SSSR count). The van der Waals surface area contributed by atoms with Crippen molar-refractivity contribution < 1.29 is 52.6 Å². The molecule has 0 heterocycles. The molecule has 0 fully saturated rings. The summed E-state index contributed by atoms with van der Waals surface area (Å²) in [7, 11) is 3.28. The number of rotatable bonds is 26. The van der Waals surface area contributed by atoms with Crippen molar-refractivity contribution in [3.8, 4) is 33.8 Å². The summed E-state index contributed by atoms with van der Waals surface area (Å²) in [6, 6.07) is 32.6. The zero-order chi connectivity index (χ0) is 43.9. The molecule has 0 radical (unpaired) electrons. The fraction of sp³-hybridized carbons (Fsp3) is 0.360. The van der Waals surface area contributed by atoms with Gasteiger partial charge in [0.25, 0.3) is 0 Å². The van der Waals surface area contributed by atoms with E-state index in [4.69, 9.17) is 43.0 Å². The number of benzene rings is 5. The van der Waals surface area contributed by atoms with Gasteiger partial charge in [0.2, 0.25) is 0 Å². The van der Waals surface area contributed by atoms with Crippen molar-refractivity contribution in [3.05, 3.63) is 140 Å². The third-order valence-electron chi connectivity index (χ3n) is 10.8. The number of methoxy groups -OCH3 is 2. The van der Waals surface area contributed by atoms with Crippen LogP contribution in [0.1, 0.15) is 62.4 Å². The monoisotopic (exact) mass is 910 g/mol. The minimum absolute atomic E-state index is 0.0340. The van der Waals surface area contributed by atoms with Gasteiger partial charge in [-0.05, 0) is 112 Å². The van der Waals surface area contributed by atoms with E-state index in [1.54, 1.807) is 28.1 Å². The molecule has 1 atom stereocenters. The highest BCUT2D eigenvalue weighted by atomic mass is 79.9. The van der Waals surface area contributed by atoms with Crippen LogP contribution in [0.4, 0.5) is 0 Å². The summed E-state index contributed by atoms with van der Waals surface area (Å²) in [4.78, 5) is 27.1. The van der Waals surface area contributed by atoms with Crippen molar-refractivity contribution in [1.29, 1.82) is 0 Å². The van der Waals surface area contributed by atoms with Gasteiger partial charge in [-0.3, -0.25) is 9.59 Å². The van der Waals surface area contributed by atoms with Gasteiger partial charge in [-0.1, -0.05) is 64.5 Å². The molecule has 328 valence electrons. The van der Waals surface area contributed by atoms with Gasteiger partial charge in [-0.2, -0.15) is 0 Å². The van der Waals surface area contributed by atoms with Crippen molar-refractivity contribution in [2.24, 2.45) is 0 Å². The largest absolute Gasteiger partial charge is 0.497 e. The van der Waals surface area contributed by atoms with E-state index in [0.29, 0.717) is 76.3 Å². The lowest BCUT2D eigenvalue weighted by atomic mass is 9.66. The summed E-state index contributed by atoms with van der Waals surface area (Å²) >= 11 is 3.78. The average Bonchev–Trinajstić information content (AvgIpc) is 3.57. The molecule has 1 aliphatic carbocycles. The predicted octanol–water partition coefficient (Wildman–Crippen LogP) is 8.49. The number of hydrogen-bond acceptors (Lipinski definition) is 11. The van der Waals surface area contributed by atoms with E-state index < -0.39 is 5.41 Å². The summed E-state index contributed by atoms with van der Waals surface area (Å²) in [6.45, 7) is 7.42. The maximum absolute atomic E-state index is 13.6. The molecule has 0 spiro atoms. The lowest BCUT2D eigenvalue weighted by molar-refractivity contribution is 0.00443. The number of carbonyl (C=O) groups excluding carboxylic acids is 2. The van der Waals surface area contributed by atoms with Crippen molar-refractivity contribution >= 4 is 27.5 Å². The highest BCUT2D eigenvalue weighted by Crippen LogP contribution is 2.58. The fourth-order valence-corrected chi connectivity index (χ4v) is 8.20. The van der Waals surface area contributed by atoms with Gasteiger partial charge in [0, 0.05) is 17.1 Å². The van der Waals surface area contributed by atoms with E-state index in [1.165, 1.54) is 0 Å². The molecule has 1 unspecified atom stereocenters. The van der Waals surface area contributed by atoms with Gasteiger partial charge >= 0.3 is 0 Å². The quantitative estimate of drug-likeness (QED) is 0.0416. The molecule has 0 saturated heterocycles. The normalized spacial score (nSPS) is 14.1. The Morgan fingerprint density at radius 3 is 1.74 bits per heavy atom. The first-order valence-electron chi connectivity index (χ1n) is 20.7. The van der Waals surface area contributed by atoms with E-state index in [0.717, 1.165) is 60.3 Å². The van der Waals surface area contributed by atoms with Crippen molar-refractivity contribution in [3.63, 3.8) is 0 Å². The van der Waals surface area contributed by atoms with Crippen molar-refractivity contribution in [2.45, 2.75) is 25.9 Å². The van der Waals surface area contributed by atoms with Gasteiger partial charge in [-0.15, -0.1) is 0 Å². The molecule has 0 aliphatic heterocycles. The van der Waals surface area contributed by atoms with E-state index >= 15 is 0 Å². The van der Waals surface area contributed by atoms with E-state index in [2.05, 4.69) is 52.3 Å². The molecule has 62 heavy (non-hydrogen) atoms. The van der Waals surface area contributed by atoms with Crippen molar-refractivity contribution in [2.75, 3.05) is 93.5 Å². The van der Waals surface area contributed by atoms with E-state index in [9.17, 15) is 9.59 Å². The van der Waals surface area contributed by atoms with Crippen LogP contribution in [0, 0.1) is 0 Å². The molecule has 5 aromatic carbocycles. The number of ether oxygens (including phenoxy) is 8. The third kappa shape index (κ3) is 11.1. The summed E-state index contributed by atoms with van der Waals surface area (Å²) in [5.41, 5.74) is 8.50. The highest BCUT2D eigenvalue weighted by Gasteiger charge is 2.47. The minimum atomic E-state index is -0.985. The first kappa shape index (κ1) is 46.7. The molecule has 5 aromatic rings. The first-order chi connectivity index (χ1) is 30.2. The second-order valence-corrected chi connectivity index (χ2v) is 15.6. The zero-order valence-corrected chi connectivity index (χ0v) is 37.4. The van der Waals surface area contributed by atoms with Gasteiger partial charge < -0.3 is 43.0 Å². The zero-order valence-electron chi connectivity index (χ0n) is 35.8. The standard InChI is InChI=1S/C50H55BrO11/c1-34(53)45-30-39(9-5-38(45)33-61-26-25-59-22-21-57-18-17-52)50(40-10-16-49(46(31-40)35(2)54)62-28-27-60-24-23-58-20-19-55-3)47-29-37(36-6-12-42(56-4)13-7-36)8-14-43(47)44-15-11-41(51)32-48(44)50/h5-16,29-32,52H,17-28,33H2,1-4H3. The van der Waals surface area contributed by atoms with Crippen molar-refractivity contribution in [1.82, 2.24) is 0 Å². The van der Waals surface area contributed by atoms with Crippen LogP contribution in [0.25, 0.3) is 22.3 Å². The molecule has 12 heteroatoms. The smallest absolute Gasteiger partial charge is 0.163 e. The second-order valence-electron chi connectivity index (χ2n) is 14.7. The Labute approximate surface area is 372 Å². The van der Waals surface area contributed by atoms with E-state index in [-0.39, 0.29) is 38.0 Å². The number of aliphatic hydroxyl groups is 1. The highest BCUT2D eigenvalue weighted by molar-refractivity contribution is 9.10. The SMILES string of the molecule is COCCOCCOCCOc1ccc(C2(c3ccc(COCCOCCOCCO)c(C(C)=O)c3)c3cc(Br)ccc3-c3ccc(-c4ccc(OC)cc4)cc32)cc1C(C)=O. The number of hydrogen-bond donors (Lipinski definition) is 1. The van der Waals surface area contributed by atoms with Crippen LogP contribution in [0.15, 0.2) is 102 Å². The van der Waals surface area contributed by atoms with E-state index in [1.807, 2.05) is 60.7 Å². The Morgan fingerprint density at radius 2 is 1.11 bits per heavy atom. The molecule has 0 bridgehead atoms. The van der Waals surface area contributed by atoms with Crippen LogP contribution in [-0.4, -0.2) is 110 Å². The summed E-state index contributed by atoms with van der Waals surface area (Å²) < 4.78 is 45.6. The topological polar surface area (TPSA) is 128 Å². The Balaban J connectivity index is 1.42. The molecule has 0 aromatic heterocycles. The third-order valence-corrected chi connectivity index (χ3v) is 11.3. The van der Waals surface area contributed by atoms with Gasteiger partial charge in [0.05, 0.1) is 97.4 Å². The van der Waals surface area contributed by atoms with Gasteiger partial charge in [-0.25, -0.2) is 0 Å². The number of Topliss-reactive ketones (excluding diaryl/α,β-unsaturated/α-hetero) is 2. The second kappa shape index (κ2) is 23.1. The summed E-state index contributed by atoms with van der Waals surface area (Å²) in [5, 5.41) is 8.89. The predicted molar refractivity (Wildman–Crippen MR) is 241 cm³/mol.